The standard InChI is InChI=1S/C25H23BrN2O6/c1-4-33-20-9-5-16(6-10-20)25(30)34-21-12-8-19(26)13-18(21)15-27-28-24(29)17-7-11-22(31-2)23(14-17)32-3/h5-15H,4H2,1-3H3,(H,28,29)/b27-15+. The van der Waals surface area contributed by atoms with Gasteiger partial charge in [-0.15, -0.1) is 0 Å². The van der Waals surface area contributed by atoms with Crippen LogP contribution in [0, 0.1) is 0 Å². The van der Waals surface area contributed by atoms with Crippen LogP contribution < -0.4 is 24.4 Å². The Morgan fingerprint density at radius 2 is 1.59 bits per heavy atom. The smallest absolute Gasteiger partial charge is 0.343 e. The van der Waals surface area contributed by atoms with Crippen molar-refractivity contribution in [3.63, 3.8) is 0 Å². The van der Waals surface area contributed by atoms with Gasteiger partial charge in [-0.05, 0) is 67.6 Å². The molecule has 0 saturated heterocycles. The van der Waals surface area contributed by atoms with Crippen LogP contribution in [-0.2, 0) is 0 Å². The molecule has 0 unspecified atom stereocenters. The summed E-state index contributed by atoms with van der Waals surface area (Å²) in [5.41, 5.74) is 3.65. The molecule has 0 spiro atoms. The number of rotatable bonds is 9. The van der Waals surface area contributed by atoms with Gasteiger partial charge in [0.05, 0.1) is 32.6 Å². The molecule has 0 aromatic heterocycles. The van der Waals surface area contributed by atoms with Crippen molar-refractivity contribution >= 4 is 34.0 Å². The van der Waals surface area contributed by atoms with Gasteiger partial charge in [0.15, 0.2) is 11.5 Å². The Hall–Kier alpha value is -3.85. The zero-order valence-corrected chi connectivity index (χ0v) is 20.4. The van der Waals surface area contributed by atoms with Crippen LogP contribution in [0.1, 0.15) is 33.2 Å². The van der Waals surface area contributed by atoms with E-state index < -0.39 is 11.9 Å². The van der Waals surface area contributed by atoms with E-state index in [0.717, 1.165) is 4.47 Å². The molecule has 34 heavy (non-hydrogen) atoms. The van der Waals surface area contributed by atoms with Crippen LogP contribution in [0.4, 0.5) is 0 Å². The molecule has 0 radical (unpaired) electrons. The van der Waals surface area contributed by atoms with Crippen LogP contribution in [0.3, 0.4) is 0 Å². The Labute approximate surface area is 205 Å². The second-order valence-electron chi connectivity index (χ2n) is 6.80. The van der Waals surface area contributed by atoms with Crippen molar-refractivity contribution in [1.82, 2.24) is 5.43 Å². The molecule has 0 aliphatic carbocycles. The Morgan fingerprint density at radius 3 is 2.26 bits per heavy atom. The quantitative estimate of drug-likeness (QED) is 0.185. The molecule has 0 aliphatic rings. The molecule has 0 saturated carbocycles. The van der Waals surface area contributed by atoms with E-state index >= 15 is 0 Å². The van der Waals surface area contributed by atoms with E-state index in [2.05, 4.69) is 26.5 Å². The summed E-state index contributed by atoms with van der Waals surface area (Å²) in [4.78, 5) is 25.1. The lowest BCUT2D eigenvalue weighted by Crippen LogP contribution is -2.18. The summed E-state index contributed by atoms with van der Waals surface area (Å²) in [6.07, 6.45) is 1.39. The summed E-state index contributed by atoms with van der Waals surface area (Å²) >= 11 is 3.39. The number of hydrogen-bond acceptors (Lipinski definition) is 7. The monoisotopic (exact) mass is 526 g/mol. The molecule has 3 rings (SSSR count). The van der Waals surface area contributed by atoms with Crippen LogP contribution in [-0.4, -0.2) is 38.9 Å². The Bertz CT molecular complexity index is 1190. The van der Waals surface area contributed by atoms with Gasteiger partial charge in [0.1, 0.15) is 11.5 Å². The van der Waals surface area contributed by atoms with Gasteiger partial charge in [-0.25, -0.2) is 10.2 Å². The SMILES string of the molecule is CCOc1ccc(C(=O)Oc2ccc(Br)cc2/C=N/NC(=O)c2ccc(OC)c(OC)c2)cc1. The first-order valence-corrected chi connectivity index (χ1v) is 11.0. The number of carbonyl (C=O) groups is 2. The number of ether oxygens (including phenoxy) is 4. The van der Waals surface area contributed by atoms with E-state index in [1.54, 1.807) is 60.7 Å². The molecule has 0 aliphatic heterocycles. The van der Waals surface area contributed by atoms with Crippen LogP contribution in [0.25, 0.3) is 0 Å². The number of methoxy groups -OCH3 is 2. The fraction of sp³-hybridized carbons (Fsp3) is 0.160. The number of carbonyl (C=O) groups excluding carboxylic acids is 2. The van der Waals surface area contributed by atoms with Crippen molar-refractivity contribution in [2.45, 2.75) is 6.92 Å². The molecule has 3 aromatic rings. The lowest BCUT2D eigenvalue weighted by molar-refractivity contribution is 0.0734. The maximum Gasteiger partial charge on any atom is 0.343 e. The number of amides is 1. The Kier molecular flexibility index (Phi) is 8.64. The lowest BCUT2D eigenvalue weighted by atomic mass is 10.2. The first-order valence-electron chi connectivity index (χ1n) is 10.2. The minimum absolute atomic E-state index is 0.284. The molecule has 0 heterocycles. The lowest BCUT2D eigenvalue weighted by Gasteiger charge is -2.09. The van der Waals surface area contributed by atoms with E-state index in [0.29, 0.717) is 40.5 Å². The number of benzene rings is 3. The summed E-state index contributed by atoms with van der Waals surface area (Å²) in [5.74, 6) is 0.909. The maximum atomic E-state index is 12.6. The normalized spacial score (nSPS) is 10.6. The highest BCUT2D eigenvalue weighted by Crippen LogP contribution is 2.27. The topological polar surface area (TPSA) is 95.5 Å². The molecular formula is C25H23BrN2O6. The highest BCUT2D eigenvalue weighted by molar-refractivity contribution is 9.10. The fourth-order valence-corrected chi connectivity index (χ4v) is 3.31. The largest absolute Gasteiger partial charge is 0.494 e. The third-order valence-electron chi connectivity index (χ3n) is 4.59. The van der Waals surface area contributed by atoms with Crippen molar-refractivity contribution in [2.75, 3.05) is 20.8 Å². The average Bonchev–Trinajstić information content (AvgIpc) is 2.85. The summed E-state index contributed by atoms with van der Waals surface area (Å²) < 4.78 is 22.1. The molecule has 3 aromatic carbocycles. The zero-order valence-electron chi connectivity index (χ0n) is 18.8. The average molecular weight is 527 g/mol. The number of esters is 1. The second kappa shape index (κ2) is 11.9. The van der Waals surface area contributed by atoms with E-state index in [4.69, 9.17) is 18.9 Å². The minimum atomic E-state index is -0.533. The second-order valence-corrected chi connectivity index (χ2v) is 7.71. The Morgan fingerprint density at radius 1 is 0.912 bits per heavy atom. The molecular weight excluding hydrogens is 504 g/mol. The van der Waals surface area contributed by atoms with Crippen molar-refractivity contribution in [2.24, 2.45) is 5.10 Å². The predicted molar refractivity (Wildman–Crippen MR) is 131 cm³/mol. The molecule has 1 N–H and O–H groups in total. The predicted octanol–water partition coefficient (Wildman–Crippen LogP) is 4.85. The summed E-state index contributed by atoms with van der Waals surface area (Å²) in [6, 6.07) is 16.5. The van der Waals surface area contributed by atoms with Gasteiger partial charge in [0.2, 0.25) is 0 Å². The van der Waals surface area contributed by atoms with Crippen molar-refractivity contribution in [3.8, 4) is 23.0 Å². The molecule has 176 valence electrons. The zero-order chi connectivity index (χ0) is 24.5. The Balaban J connectivity index is 1.72. The van der Waals surface area contributed by atoms with E-state index in [9.17, 15) is 9.59 Å². The van der Waals surface area contributed by atoms with Gasteiger partial charge in [-0.1, -0.05) is 15.9 Å². The molecule has 1 amide bonds. The van der Waals surface area contributed by atoms with Gasteiger partial charge in [-0.3, -0.25) is 4.79 Å². The fourth-order valence-electron chi connectivity index (χ4n) is 2.93. The van der Waals surface area contributed by atoms with E-state index in [-0.39, 0.29) is 5.75 Å². The van der Waals surface area contributed by atoms with Crippen LogP contribution in [0.2, 0.25) is 0 Å². The number of hydrogen-bond donors (Lipinski definition) is 1. The van der Waals surface area contributed by atoms with Crippen LogP contribution >= 0.6 is 15.9 Å². The number of halogens is 1. The molecule has 0 atom stereocenters. The summed E-state index contributed by atoms with van der Waals surface area (Å²) in [7, 11) is 3.00. The van der Waals surface area contributed by atoms with Crippen molar-refractivity contribution < 1.29 is 28.5 Å². The first kappa shape index (κ1) is 24.8. The van der Waals surface area contributed by atoms with Crippen molar-refractivity contribution in [3.05, 3.63) is 81.8 Å². The highest BCUT2D eigenvalue weighted by Gasteiger charge is 2.13. The van der Waals surface area contributed by atoms with Crippen LogP contribution in [0.15, 0.2) is 70.2 Å². The number of hydrazone groups is 1. The first-order chi connectivity index (χ1) is 16.4. The van der Waals surface area contributed by atoms with Gasteiger partial charge < -0.3 is 18.9 Å². The molecule has 0 fully saturated rings. The van der Waals surface area contributed by atoms with Crippen molar-refractivity contribution in [1.29, 1.82) is 0 Å². The maximum absolute atomic E-state index is 12.6. The van der Waals surface area contributed by atoms with Gasteiger partial charge in [-0.2, -0.15) is 5.10 Å². The van der Waals surface area contributed by atoms with E-state index in [1.165, 1.54) is 20.4 Å². The molecule has 8 nitrogen and oxygen atoms in total. The number of nitrogens with zero attached hydrogens (tertiary/aromatic N) is 1. The highest BCUT2D eigenvalue weighted by atomic mass is 79.9. The van der Waals surface area contributed by atoms with Gasteiger partial charge >= 0.3 is 5.97 Å². The summed E-state index contributed by atoms with van der Waals surface area (Å²) in [5, 5.41) is 4.00. The van der Waals surface area contributed by atoms with Gasteiger partial charge in [0.25, 0.3) is 5.91 Å². The third-order valence-corrected chi connectivity index (χ3v) is 5.08. The van der Waals surface area contributed by atoms with E-state index in [1.807, 2.05) is 6.92 Å². The van der Waals surface area contributed by atoms with Gasteiger partial charge in [0, 0.05) is 15.6 Å². The minimum Gasteiger partial charge on any atom is -0.494 e. The van der Waals surface area contributed by atoms with Crippen LogP contribution in [0.5, 0.6) is 23.0 Å². The molecule has 9 heteroatoms. The molecule has 0 bridgehead atoms. The third kappa shape index (κ3) is 6.35. The summed E-state index contributed by atoms with van der Waals surface area (Å²) in [6.45, 7) is 2.42. The number of nitrogens with one attached hydrogen (secondary N) is 1.